The molecule has 0 bridgehead atoms. The Labute approximate surface area is 92.2 Å². The molecular weight excluding hydrogens is 212 g/mol. The van der Waals surface area contributed by atoms with E-state index in [-0.39, 0.29) is 5.69 Å². The summed E-state index contributed by atoms with van der Waals surface area (Å²) in [7, 11) is 1.30. The van der Waals surface area contributed by atoms with E-state index in [4.69, 9.17) is 0 Å². The fourth-order valence-electron chi connectivity index (χ4n) is 1.29. The monoisotopic (exact) mass is 225 g/mol. The molecule has 6 nitrogen and oxygen atoms in total. The first-order chi connectivity index (χ1) is 7.54. The number of nitro groups is 1. The minimum atomic E-state index is -0.494. The first kappa shape index (κ1) is 12.1. The van der Waals surface area contributed by atoms with E-state index in [0.29, 0.717) is 6.42 Å². The molecule has 0 aromatic heterocycles. The van der Waals surface area contributed by atoms with Crippen molar-refractivity contribution in [1.29, 1.82) is 0 Å². The standard InChI is InChI=1S/C10H12N2O4/c1-16-10(13)9(11)6-7-2-4-8(5-3-7)12(14)15/h2-5,9H,6,11H2,1H3/p+1/t9-/m1/s1. The van der Waals surface area contributed by atoms with Crippen molar-refractivity contribution in [1.82, 2.24) is 0 Å². The van der Waals surface area contributed by atoms with Gasteiger partial charge >= 0.3 is 5.97 Å². The van der Waals surface area contributed by atoms with Crippen molar-refractivity contribution in [3.05, 3.63) is 39.9 Å². The van der Waals surface area contributed by atoms with E-state index in [1.165, 1.54) is 19.2 Å². The molecule has 3 N–H and O–H groups in total. The molecule has 0 radical (unpaired) electrons. The van der Waals surface area contributed by atoms with E-state index in [1.807, 2.05) is 0 Å². The second kappa shape index (κ2) is 5.22. The van der Waals surface area contributed by atoms with Crippen molar-refractivity contribution in [2.75, 3.05) is 7.11 Å². The molecule has 0 aliphatic heterocycles. The van der Waals surface area contributed by atoms with Crippen LogP contribution in [0.4, 0.5) is 5.69 Å². The van der Waals surface area contributed by atoms with Crippen LogP contribution in [0.2, 0.25) is 0 Å². The number of quaternary nitrogens is 1. The molecule has 1 aromatic rings. The molecule has 1 rings (SSSR count). The van der Waals surface area contributed by atoms with Crippen molar-refractivity contribution < 1.29 is 20.2 Å². The number of rotatable bonds is 4. The van der Waals surface area contributed by atoms with Gasteiger partial charge in [-0.3, -0.25) is 10.1 Å². The van der Waals surface area contributed by atoms with Crippen LogP contribution in [0.5, 0.6) is 0 Å². The fourth-order valence-corrected chi connectivity index (χ4v) is 1.29. The average Bonchev–Trinajstić information content (AvgIpc) is 2.28. The number of carbonyl (C=O) groups excluding carboxylic acids is 1. The lowest BCUT2D eigenvalue weighted by molar-refractivity contribution is -0.407. The fraction of sp³-hybridized carbons (Fsp3) is 0.300. The average molecular weight is 225 g/mol. The SMILES string of the molecule is COC(=O)[C@H]([NH3+])Cc1ccc([N+](=O)[O-])cc1. The Morgan fingerprint density at radius 2 is 2.06 bits per heavy atom. The van der Waals surface area contributed by atoms with E-state index in [2.05, 4.69) is 10.5 Å². The Morgan fingerprint density at radius 3 is 2.50 bits per heavy atom. The molecule has 16 heavy (non-hydrogen) atoms. The summed E-state index contributed by atoms with van der Waals surface area (Å²) in [6.45, 7) is 0. The third kappa shape index (κ3) is 3.03. The zero-order valence-electron chi connectivity index (χ0n) is 8.88. The lowest BCUT2D eigenvalue weighted by Gasteiger charge is -2.05. The molecule has 0 fully saturated rings. The summed E-state index contributed by atoms with van der Waals surface area (Å²) >= 11 is 0. The van der Waals surface area contributed by atoms with Crippen LogP contribution in [-0.4, -0.2) is 24.0 Å². The van der Waals surface area contributed by atoms with Gasteiger partial charge in [0.25, 0.3) is 5.69 Å². The van der Waals surface area contributed by atoms with E-state index in [9.17, 15) is 14.9 Å². The van der Waals surface area contributed by atoms with Crippen LogP contribution in [0.1, 0.15) is 5.56 Å². The molecule has 0 saturated heterocycles. The van der Waals surface area contributed by atoms with Gasteiger partial charge in [0.15, 0.2) is 6.04 Å². The number of esters is 1. The maximum absolute atomic E-state index is 11.1. The molecule has 6 heteroatoms. The Balaban J connectivity index is 2.68. The van der Waals surface area contributed by atoms with E-state index < -0.39 is 16.9 Å². The summed E-state index contributed by atoms with van der Waals surface area (Å²) in [5.74, 6) is -0.390. The third-order valence-electron chi connectivity index (χ3n) is 2.16. The van der Waals surface area contributed by atoms with Gasteiger partial charge in [-0.1, -0.05) is 12.1 Å². The summed E-state index contributed by atoms with van der Waals surface area (Å²) in [6.07, 6.45) is 0.407. The Kier molecular flexibility index (Phi) is 3.96. The quantitative estimate of drug-likeness (QED) is 0.440. The number of ether oxygens (including phenoxy) is 1. The molecule has 86 valence electrons. The summed E-state index contributed by atoms with van der Waals surface area (Å²) in [5.41, 5.74) is 4.50. The van der Waals surface area contributed by atoms with E-state index in [1.54, 1.807) is 12.1 Å². The van der Waals surface area contributed by atoms with Crippen LogP contribution in [0.3, 0.4) is 0 Å². The second-order valence-electron chi connectivity index (χ2n) is 3.35. The van der Waals surface area contributed by atoms with Crippen molar-refractivity contribution >= 4 is 11.7 Å². The van der Waals surface area contributed by atoms with Crippen molar-refractivity contribution in [3.63, 3.8) is 0 Å². The van der Waals surface area contributed by atoms with Gasteiger partial charge in [0, 0.05) is 18.6 Å². The molecule has 0 heterocycles. The molecular formula is C10H13N2O4+. The van der Waals surface area contributed by atoms with Crippen molar-refractivity contribution in [2.24, 2.45) is 0 Å². The lowest BCUT2D eigenvalue weighted by atomic mass is 10.1. The number of nitro benzene ring substituents is 1. The van der Waals surface area contributed by atoms with Gasteiger partial charge < -0.3 is 10.5 Å². The molecule has 0 aliphatic carbocycles. The second-order valence-corrected chi connectivity index (χ2v) is 3.35. The molecule has 0 aliphatic rings. The normalized spacial score (nSPS) is 11.9. The van der Waals surface area contributed by atoms with Crippen LogP contribution in [0.15, 0.2) is 24.3 Å². The minimum Gasteiger partial charge on any atom is -0.465 e. The van der Waals surface area contributed by atoms with E-state index in [0.717, 1.165) is 5.56 Å². The van der Waals surface area contributed by atoms with Gasteiger partial charge in [0.2, 0.25) is 0 Å². The smallest absolute Gasteiger partial charge is 0.364 e. The highest BCUT2D eigenvalue weighted by molar-refractivity contribution is 5.74. The number of benzene rings is 1. The molecule has 1 atom stereocenters. The van der Waals surface area contributed by atoms with Gasteiger partial charge in [-0.15, -0.1) is 0 Å². The zero-order chi connectivity index (χ0) is 12.1. The van der Waals surface area contributed by atoms with Crippen LogP contribution in [0.25, 0.3) is 0 Å². The van der Waals surface area contributed by atoms with Crippen LogP contribution >= 0.6 is 0 Å². The Hall–Kier alpha value is -1.95. The maximum atomic E-state index is 11.1. The Bertz CT molecular complexity index is 388. The van der Waals surface area contributed by atoms with Crippen molar-refractivity contribution in [2.45, 2.75) is 12.5 Å². The van der Waals surface area contributed by atoms with Gasteiger partial charge in [-0.05, 0) is 5.56 Å². The Morgan fingerprint density at radius 1 is 1.50 bits per heavy atom. The molecule has 0 amide bonds. The number of methoxy groups -OCH3 is 1. The number of carbonyl (C=O) groups is 1. The highest BCUT2D eigenvalue weighted by Gasteiger charge is 2.18. The lowest BCUT2D eigenvalue weighted by Crippen LogP contribution is -2.66. The number of hydrogen-bond acceptors (Lipinski definition) is 4. The third-order valence-corrected chi connectivity index (χ3v) is 2.16. The maximum Gasteiger partial charge on any atom is 0.364 e. The molecule has 0 saturated carbocycles. The van der Waals surface area contributed by atoms with Crippen LogP contribution in [-0.2, 0) is 16.0 Å². The van der Waals surface area contributed by atoms with Crippen LogP contribution in [0, 0.1) is 10.1 Å². The summed E-state index contributed by atoms with van der Waals surface area (Å²) in [5, 5.41) is 10.4. The van der Waals surface area contributed by atoms with Gasteiger partial charge in [0.1, 0.15) is 0 Å². The highest BCUT2D eigenvalue weighted by atomic mass is 16.6. The first-order valence-corrected chi connectivity index (χ1v) is 4.69. The summed E-state index contributed by atoms with van der Waals surface area (Å²) < 4.78 is 4.54. The highest BCUT2D eigenvalue weighted by Crippen LogP contribution is 2.12. The summed E-state index contributed by atoms with van der Waals surface area (Å²) in [4.78, 5) is 21.0. The van der Waals surface area contributed by atoms with Crippen LogP contribution < -0.4 is 5.73 Å². The number of non-ortho nitro benzene ring substituents is 1. The molecule has 0 unspecified atom stereocenters. The molecule has 0 spiro atoms. The zero-order valence-corrected chi connectivity index (χ0v) is 8.88. The van der Waals surface area contributed by atoms with E-state index >= 15 is 0 Å². The molecule has 1 aromatic carbocycles. The van der Waals surface area contributed by atoms with Gasteiger partial charge in [0.05, 0.1) is 12.0 Å². The minimum absolute atomic E-state index is 0.0300. The van der Waals surface area contributed by atoms with Gasteiger partial charge in [-0.25, -0.2) is 4.79 Å². The summed E-state index contributed by atoms with van der Waals surface area (Å²) in [6, 6.07) is 5.53. The largest absolute Gasteiger partial charge is 0.465 e. The number of nitrogens with zero attached hydrogens (tertiary/aromatic N) is 1. The number of hydrogen-bond donors (Lipinski definition) is 1. The van der Waals surface area contributed by atoms with Crippen molar-refractivity contribution in [3.8, 4) is 0 Å². The topological polar surface area (TPSA) is 97.1 Å². The van der Waals surface area contributed by atoms with Gasteiger partial charge in [-0.2, -0.15) is 0 Å². The first-order valence-electron chi connectivity index (χ1n) is 4.69. The predicted octanol–water partition coefficient (Wildman–Crippen LogP) is -0.0792. The predicted molar refractivity (Wildman–Crippen MR) is 55.5 cm³/mol.